The fraction of sp³-hybridized carbons (Fsp3) is 0.333. The van der Waals surface area contributed by atoms with Gasteiger partial charge in [-0.1, -0.05) is 39.7 Å². The van der Waals surface area contributed by atoms with Gasteiger partial charge in [-0.25, -0.2) is 0 Å². The lowest BCUT2D eigenvalue weighted by Gasteiger charge is -2.29. The van der Waals surface area contributed by atoms with Gasteiger partial charge in [-0.2, -0.15) is 0 Å². The van der Waals surface area contributed by atoms with Crippen LogP contribution in [0.1, 0.15) is 26.3 Å². The highest BCUT2D eigenvalue weighted by Gasteiger charge is 2.27. The van der Waals surface area contributed by atoms with E-state index in [1.54, 1.807) is 25.1 Å². The molecule has 0 bridgehead atoms. The van der Waals surface area contributed by atoms with Crippen molar-refractivity contribution in [3.63, 3.8) is 0 Å². The second-order valence-electron chi connectivity index (χ2n) is 6.85. The minimum absolute atomic E-state index is 0.0177. The van der Waals surface area contributed by atoms with Crippen LogP contribution in [-0.2, 0) is 16.1 Å². The first kappa shape index (κ1) is 23.7. The number of nitrogens with one attached hydrogen (secondary N) is 1. The lowest BCUT2D eigenvalue weighted by atomic mass is 10.1. The summed E-state index contributed by atoms with van der Waals surface area (Å²) in [6.45, 7) is 5.58. The van der Waals surface area contributed by atoms with Crippen LogP contribution in [0, 0.1) is 0 Å². The van der Waals surface area contributed by atoms with Gasteiger partial charge >= 0.3 is 0 Å². The van der Waals surface area contributed by atoms with Crippen molar-refractivity contribution in [2.45, 2.75) is 39.4 Å². The molecule has 0 aliphatic carbocycles. The van der Waals surface area contributed by atoms with Crippen molar-refractivity contribution in [2.75, 3.05) is 6.61 Å². The molecule has 8 heteroatoms. The third-order valence-corrected chi connectivity index (χ3v) is 5.49. The topological polar surface area (TPSA) is 58.6 Å². The minimum Gasteiger partial charge on any atom is -0.483 e. The van der Waals surface area contributed by atoms with E-state index in [9.17, 15) is 9.59 Å². The molecule has 5 nitrogen and oxygen atoms in total. The van der Waals surface area contributed by atoms with Crippen LogP contribution < -0.4 is 10.1 Å². The second kappa shape index (κ2) is 11.0. The van der Waals surface area contributed by atoms with Crippen LogP contribution in [0.25, 0.3) is 0 Å². The van der Waals surface area contributed by atoms with Gasteiger partial charge < -0.3 is 15.0 Å². The van der Waals surface area contributed by atoms with Crippen LogP contribution in [-0.4, -0.2) is 35.4 Å². The second-order valence-corrected chi connectivity index (χ2v) is 9.06. The van der Waals surface area contributed by atoms with Crippen molar-refractivity contribution in [2.24, 2.45) is 0 Å². The number of hydrogen-bond donors (Lipinski definition) is 1. The molecule has 156 valence electrons. The molecule has 0 unspecified atom stereocenters. The Kier molecular flexibility index (Phi) is 8.99. The summed E-state index contributed by atoms with van der Waals surface area (Å²) in [5.41, 5.74) is 0.915. The van der Waals surface area contributed by atoms with Gasteiger partial charge in [0.2, 0.25) is 5.91 Å². The Morgan fingerprint density at radius 2 is 1.76 bits per heavy atom. The van der Waals surface area contributed by atoms with Crippen LogP contribution in [0.3, 0.4) is 0 Å². The first-order valence-electron chi connectivity index (χ1n) is 9.09. The molecule has 1 N–H and O–H groups in total. The molecular formula is C21H23Br2ClN2O3. The molecule has 2 rings (SSSR count). The summed E-state index contributed by atoms with van der Waals surface area (Å²) in [6.07, 6.45) is 0. The average Bonchev–Trinajstić information content (AvgIpc) is 2.65. The number of carbonyl (C=O) groups excluding carboxylic acids is 2. The molecule has 2 amide bonds. The molecule has 0 saturated carbocycles. The third kappa shape index (κ3) is 7.32. The predicted molar refractivity (Wildman–Crippen MR) is 122 cm³/mol. The molecule has 0 aliphatic rings. The fourth-order valence-electron chi connectivity index (χ4n) is 2.59. The quantitative estimate of drug-likeness (QED) is 0.496. The summed E-state index contributed by atoms with van der Waals surface area (Å²) >= 11 is 12.7. The highest BCUT2D eigenvalue weighted by atomic mass is 79.9. The van der Waals surface area contributed by atoms with Crippen molar-refractivity contribution < 1.29 is 14.3 Å². The van der Waals surface area contributed by atoms with Crippen LogP contribution >= 0.6 is 43.5 Å². The molecule has 0 heterocycles. The van der Waals surface area contributed by atoms with E-state index < -0.39 is 6.04 Å². The number of amides is 2. The fourth-order valence-corrected chi connectivity index (χ4v) is 3.65. The monoisotopic (exact) mass is 544 g/mol. The molecule has 0 fully saturated rings. The summed E-state index contributed by atoms with van der Waals surface area (Å²) in [7, 11) is 0. The Hall–Kier alpha value is -1.57. The zero-order valence-electron chi connectivity index (χ0n) is 16.4. The molecule has 0 aliphatic heterocycles. The van der Waals surface area contributed by atoms with Gasteiger partial charge in [-0.05, 0) is 72.6 Å². The molecule has 2 aromatic carbocycles. The normalized spacial score (nSPS) is 11.8. The Morgan fingerprint density at radius 1 is 1.10 bits per heavy atom. The van der Waals surface area contributed by atoms with Crippen LogP contribution in [0.4, 0.5) is 0 Å². The van der Waals surface area contributed by atoms with Crippen LogP contribution in [0.2, 0.25) is 5.02 Å². The standard InChI is InChI=1S/C21H23Br2ClN2O3/c1-13(2)25-21(28)14(3)26(11-15-4-6-16(22)7-5-15)20(27)12-29-19-9-8-17(24)10-18(19)23/h4-10,13-14H,11-12H2,1-3H3,(H,25,28)/t14-/m1/s1. The molecule has 0 aromatic heterocycles. The number of rotatable bonds is 8. The molecule has 29 heavy (non-hydrogen) atoms. The largest absolute Gasteiger partial charge is 0.483 e. The number of hydrogen-bond acceptors (Lipinski definition) is 3. The van der Waals surface area contributed by atoms with E-state index in [4.69, 9.17) is 16.3 Å². The number of benzene rings is 2. The number of carbonyl (C=O) groups is 2. The Morgan fingerprint density at radius 3 is 2.34 bits per heavy atom. The minimum atomic E-state index is -0.647. The van der Waals surface area contributed by atoms with E-state index in [-0.39, 0.29) is 24.5 Å². The van der Waals surface area contributed by atoms with Gasteiger partial charge in [-0.15, -0.1) is 0 Å². The zero-order valence-corrected chi connectivity index (χ0v) is 20.3. The Bertz CT molecular complexity index is 860. The SMILES string of the molecule is CC(C)NC(=O)[C@@H](C)N(Cc1ccc(Br)cc1)C(=O)COc1ccc(Cl)cc1Br. The lowest BCUT2D eigenvalue weighted by molar-refractivity contribution is -0.142. The van der Waals surface area contributed by atoms with Gasteiger partial charge in [0.05, 0.1) is 4.47 Å². The van der Waals surface area contributed by atoms with Crippen molar-refractivity contribution >= 4 is 55.3 Å². The van der Waals surface area contributed by atoms with E-state index in [1.807, 2.05) is 38.1 Å². The first-order valence-corrected chi connectivity index (χ1v) is 11.1. The number of ether oxygens (including phenoxy) is 1. The lowest BCUT2D eigenvalue weighted by Crippen LogP contribution is -2.50. The van der Waals surface area contributed by atoms with Gasteiger partial charge in [0.25, 0.3) is 5.91 Å². The predicted octanol–water partition coefficient (Wildman–Crippen LogP) is 5.19. The molecule has 0 saturated heterocycles. The third-order valence-electron chi connectivity index (χ3n) is 4.11. The van der Waals surface area contributed by atoms with Gasteiger partial charge in [0.1, 0.15) is 11.8 Å². The highest BCUT2D eigenvalue weighted by Crippen LogP contribution is 2.28. The maximum absolute atomic E-state index is 13.0. The van der Waals surface area contributed by atoms with Gasteiger partial charge in [0, 0.05) is 22.1 Å². The van der Waals surface area contributed by atoms with Crippen molar-refractivity contribution in [3.05, 3.63) is 62.0 Å². The van der Waals surface area contributed by atoms with E-state index in [2.05, 4.69) is 37.2 Å². The molecule has 1 atom stereocenters. The maximum atomic E-state index is 13.0. The number of nitrogens with zero attached hydrogens (tertiary/aromatic N) is 1. The van der Waals surface area contributed by atoms with Crippen LogP contribution in [0.15, 0.2) is 51.4 Å². The van der Waals surface area contributed by atoms with E-state index in [0.717, 1.165) is 10.0 Å². The average molecular weight is 547 g/mol. The summed E-state index contributed by atoms with van der Waals surface area (Å²) in [5, 5.41) is 3.42. The van der Waals surface area contributed by atoms with Gasteiger partial charge in [0.15, 0.2) is 6.61 Å². The van der Waals surface area contributed by atoms with E-state index in [0.29, 0.717) is 21.8 Å². The van der Waals surface area contributed by atoms with Crippen molar-refractivity contribution in [1.29, 1.82) is 0 Å². The number of halogens is 3. The molecule has 2 aromatic rings. The smallest absolute Gasteiger partial charge is 0.261 e. The maximum Gasteiger partial charge on any atom is 0.261 e. The zero-order chi connectivity index (χ0) is 21.6. The Balaban J connectivity index is 2.16. The summed E-state index contributed by atoms with van der Waals surface area (Å²) in [6, 6.07) is 12.0. The molecule has 0 radical (unpaired) electrons. The first-order chi connectivity index (χ1) is 13.7. The van der Waals surface area contributed by atoms with Crippen molar-refractivity contribution in [1.82, 2.24) is 10.2 Å². The summed E-state index contributed by atoms with van der Waals surface area (Å²) < 4.78 is 7.27. The van der Waals surface area contributed by atoms with Gasteiger partial charge in [-0.3, -0.25) is 9.59 Å². The molecule has 0 spiro atoms. The van der Waals surface area contributed by atoms with Crippen molar-refractivity contribution in [3.8, 4) is 5.75 Å². The van der Waals surface area contributed by atoms with E-state index >= 15 is 0 Å². The highest BCUT2D eigenvalue weighted by molar-refractivity contribution is 9.10. The summed E-state index contributed by atoms with van der Waals surface area (Å²) in [4.78, 5) is 27.0. The Labute approximate surface area is 193 Å². The molecular weight excluding hydrogens is 524 g/mol. The summed E-state index contributed by atoms with van der Waals surface area (Å²) in [5.74, 6) is 0.00457. The van der Waals surface area contributed by atoms with E-state index in [1.165, 1.54) is 4.90 Å². The van der Waals surface area contributed by atoms with Crippen LogP contribution in [0.5, 0.6) is 5.75 Å².